The lowest BCUT2D eigenvalue weighted by Gasteiger charge is -2.01. The number of aryl methyl sites for hydroxylation is 1. The summed E-state index contributed by atoms with van der Waals surface area (Å²) >= 11 is 0. The number of hydrogen-bond donors (Lipinski definition) is 1. The van der Waals surface area contributed by atoms with Crippen molar-refractivity contribution in [3.05, 3.63) is 30.0 Å². The Morgan fingerprint density at radius 1 is 1.40 bits per heavy atom. The van der Waals surface area contributed by atoms with Gasteiger partial charge in [0.1, 0.15) is 5.75 Å². The molecule has 0 amide bonds. The molecule has 0 bridgehead atoms. The summed E-state index contributed by atoms with van der Waals surface area (Å²) in [6.07, 6.45) is 0.528. The molecule has 3 nitrogen and oxygen atoms in total. The summed E-state index contributed by atoms with van der Waals surface area (Å²) in [5.41, 5.74) is 2.21. The van der Waals surface area contributed by atoms with Gasteiger partial charge >= 0.3 is 0 Å². The van der Waals surface area contributed by atoms with E-state index in [0.29, 0.717) is 0 Å². The Morgan fingerprint density at radius 3 is 3.07 bits per heavy atom. The maximum atomic E-state index is 9.76. The van der Waals surface area contributed by atoms with E-state index in [1.165, 1.54) is 5.52 Å². The first-order valence-electron chi connectivity index (χ1n) is 5.15. The summed E-state index contributed by atoms with van der Waals surface area (Å²) in [6, 6.07) is 8.07. The molecule has 15 heavy (non-hydrogen) atoms. The van der Waals surface area contributed by atoms with E-state index >= 15 is 0 Å². The van der Waals surface area contributed by atoms with Gasteiger partial charge in [-0.2, -0.15) is 0 Å². The number of hydrogen-bond acceptors (Lipinski definition) is 2. The Balaban J connectivity index is 2.25. The minimum atomic E-state index is -0.302. The molecule has 78 valence electrons. The zero-order chi connectivity index (χ0) is 10.4. The molecule has 3 heteroatoms. The smallest absolute Gasteiger partial charge is 0.119 e. The summed E-state index contributed by atoms with van der Waals surface area (Å²) in [7, 11) is 1.67. The summed E-state index contributed by atoms with van der Waals surface area (Å²) in [5.74, 6) is 0.862. The van der Waals surface area contributed by atoms with E-state index in [2.05, 4.69) is 16.7 Å². The fourth-order valence-electron chi connectivity index (χ4n) is 2.32. The van der Waals surface area contributed by atoms with Crippen LogP contribution in [0.5, 0.6) is 5.75 Å². The molecule has 1 aromatic carbocycles. The van der Waals surface area contributed by atoms with Gasteiger partial charge in [0.05, 0.1) is 13.2 Å². The molecule has 0 aliphatic carbocycles. The Labute approximate surface area is 87.9 Å². The number of benzene rings is 1. The van der Waals surface area contributed by atoms with Gasteiger partial charge in [0.25, 0.3) is 0 Å². The van der Waals surface area contributed by atoms with Crippen LogP contribution < -0.4 is 4.74 Å². The normalized spacial score (nSPS) is 19.5. The molecule has 3 rings (SSSR count). The van der Waals surface area contributed by atoms with Crippen LogP contribution in [0.4, 0.5) is 0 Å². The van der Waals surface area contributed by atoms with E-state index in [1.54, 1.807) is 7.11 Å². The molecule has 0 spiro atoms. The molecular weight excluding hydrogens is 190 g/mol. The number of aliphatic hydroxyl groups is 1. The first kappa shape index (κ1) is 8.80. The fraction of sp³-hybridized carbons (Fsp3) is 0.333. The van der Waals surface area contributed by atoms with Crippen LogP contribution in [0, 0.1) is 0 Å². The lowest BCUT2D eigenvalue weighted by Crippen LogP contribution is -1.91. The Hall–Kier alpha value is -1.48. The molecule has 1 aliphatic heterocycles. The van der Waals surface area contributed by atoms with Crippen molar-refractivity contribution in [2.24, 2.45) is 0 Å². The van der Waals surface area contributed by atoms with Crippen molar-refractivity contribution in [2.45, 2.75) is 19.1 Å². The number of rotatable bonds is 1. The van der Waals surface area contributed by atoms with Crippen molar-refractivity contribution in [3.8, 4) is 5.75 Å². The third-order valence-corrected chi connectivity index (χ3v) is 3.11. The second-order valence-electron chi connectivity index (χ2n) is 3.95. The van der Waals surface area contributed by atoms with Crippen LogP contribution in [-0.4, -0.2) is 16.8 Å². The van der Waals surface area contributed by atoms with Crippen molar-refractivity contribution in [2.75, 3.05) is 7.11 Å². The molecule has 1 unspecified atom stereocenters. The van der Waals surface area contributed by atoms with Crippen LogP contribution in [0.2, 0.25) is 0 Å². The van der Waals surface area contributed by atoms with Crippen LogP contribution in [0.25, 0.3) is 10.9 Å². The van der Waals surface area contributed by atoms with Crippen LogP contribution in [0.1, 0.15) is 18.2 Å². The zero-order valence-electron chi connectivity index (χ0n) is 8.60. The predicted molar refractivity (Wildman–Crippen MR) is 58.1 cm³/mol. The minimum absolute atomic E-state index is 0.302. The summed E-state index contributed by atoms with van der Waals surface area (Å²) < 4.78 is 7.36. The Kier molecular flexibility index (Phi) is 1.76. The van der Waals surface area contributed by atoms with Crippen molar-refractivity contribution >= 4 is 10.9 Å². The number of ether oxygens (including phenoxy) is 1. The first-order valence-corrected chi connectivity index (χ1v) is 5.15. The fourth-order valence-corrected chi connectivity index (χ4v) is 2.32. The molecule has 0 fully saturated rings. The maximum absolute atomic E-state index is 9.76. The molecule has 1 aliphatic rings. The molecular formula is C12H13NO2. The van der Waals surface area contributed by atoms with Gasteiger partial charge in [-0.15, -0.1) is 0 Å². The van der Waals surface area contributed by atoms with Crippen molar-refractivity contribution in [1.29, 1.82) is 0 Å². The SMILES string of the molecule is COc1ccc2c(c1)cc1n2CCC1O. The van der Waals surface area contributed by atoms with Gasteiger partial charge in [-0.3, -0.25) is 0 Å². The van der Waals surface area contributed by atoms with Gasteiger partial charge in [0.15, 0.2) is 0 Å². The largest absolute Gasteiger partial charge is 0.497 e. The molecule has 0 saturated carbocycles. The standard InChI is InChI=1S/C12H13NO2/c1-15-9-2-3-10-8(6-9)7-11-12(14)4-5-13(10)11/h2-3,6-7,12,14H,4-5H2,1H3. The number of nitrogens with zero attached hydrogens (tertiary/aromatic N) is 1. The monoisotopic (exact) mass is 203 g/mol. The van der Waals surface area contributed by atoms with Gasteiger partial charge in [0, 0.05) is 23.1 Å². The number of aromatic nitrogens is 1. The van der Waals surface area contributed by atoms with Crippen LogP contribution in [0.3, 0.4) is 0 Å². The van der Waals surface area contributed by atoms with E-state index in [4.69, 9.17) is 4.74 Å². The van der Waals surface area contributed by atoms with Gasteiger partial charge in [-0.05, 0) is 30.7 Å². The third kappa shape index (κ3) is 1.16. The van der Waals surface area contributed by atoms with E-state index in [9.17, 15) is 5.11 Å². The highest BCUT2D eigenvalue weighted by Gasteiger charge is 2.22. The number of fused-ring (bicyclic) bond motifs is 3. The second-order valence-corrected chi connectivity index (χ2v) is 3.95. The molecule has 0 saturated heterocycles. The summed E-state index contributed by atoms with van der Waals surface area (Å²) in [4.78, 5) is 0. The molecule has 2 aromatic rings. The average molecular weight is 203 g/mol. The average Bonchev–Trinajstić information content (AvgIpc) is 2.78. The van der Waals surface area contributed by atoms with E-state index in [0.717, 1.165) is 29.8 Å². The zero-order valence-corrected chi connectivity index (χ0v) is 8.60. The topological polar surface area (TPSA) is 34.4 Å². The van der Waals surface area contributed by atoms with Crippen LogP contribution in [-0.2, 0) is 6.54 Å². The summed E-state index contributed by atoms with van der Waals surface area (Å²) in [5, 5.41) is 10.9. The lowest BCUT2D eigenvalue weighted by atomic mass is 10.2. The molecule has 1 aromatic heterocycles. The minimum Gasteiger partial charge on any atom is -0.497 e. The highest BCUT2D eigenvalue weighted by molar-refractivity contribution is 5.83. The first-order chi connectivity index (χ1) is 7.29. The molecule has 0 radical (unpaired) electrons. The third-order valence-electron chi connectivity index (χ3n) is 3.11. The second kappa shape index (κ2) is 3.00. The molecule has 1 atom stereocenters. The molecule has 1 N–H and O–H groups in total. The van der Waals surface area contributed by atoms with E-state index in [-0.39, 0.29) is 6.10 Å². The molecule has 2 heterocycles. The van der Waals surface area contributed by atoms with E-state index in [1.807, 2.05) is 12.1 Å². The van der Waals surface area contributed by atoms with E-state index < -0.39 is 0 Å². The Bertz CT molecular complexity index is 516. The van der Waals surface area contributed by atoms with Crippen molar-refractivity contribution in [1.82, 2.24) is 4.57 Å². The van der Waals surface area contributed by atoms with Crippen molar-refractivity contribution < 1.29 is 9.84 Å². The summed E-state index contributed by atoms with van der Waals surface area (Å²) in [6.45, 7) is 0.909. The Morgan fingerprint density at radius 2 is 2.27 bits per heavy atom. The highest BCUT2D eigenvalue weighted by Crippen LogP contribution is 2.33. The van der Waals surface area contributed by atoms with Gasteiger partial charge in [-0.25, -0.2) is 0 Å². The highest BCUT2D eigenvalue weighted by atomic mass is 16.5. The maximum Gasteiger partial charge on any atom is 0.119 e. The van der Waals surface area contributed by atoms with Crippen LogP contribution in [0.15, 0.2) is 24.3 Å². The van der Waals surface area contributed by atoms with Gasteiger partial charge in [0.2, 0.25) is 0 Å². The number of methoxy groups -OCH3 is 1. The quantitative estimate of drug-likeness (QED) is 0.770. The lowest BCUT2D eigenvalue weighted by molar-refractivity contribution is 0.180. The van der Waals surface area contributed by atoms with Gasteiger partial charge < -0.3 is 14.4 Å². The van der Waals surface area contributed by atoms with Gasteiger partial charge in [-0.1, -0.05) is 0 Å². The number of aliphatic hydroxyl groups excluding tert-OH is 1. The van der Waals surface area contributed by atoms with Crippen molar-refractivity contribution in [3.63, 3.8) is 0 Å². The van der Waals surface area contributed by atoms with Crippen LogP contribution >= 0.6 is 0 Å². The predicted octanol–water partition coefficient (Wildman–Crippen LogP) is 2.09.